The Balaban J connectivity index is 2.09. The van der Waals surface area contributed by atoms with E-state index in [4.69, 9.17) is 9.81 Å². The third-order valence-corrected chi connectivity index (χ3v) is 4.10. The number of nitriles is 1. The van der Waals surface area contributed by atoms with Crippen LogP contribution < -0.4 is 5.32 Å². The standard InChI is InChI=1S/C14H15N3O4S/c15-9-11(10-17-7-1-2-8-17)14(18)16-12-3-5-13(6-4-12)22(19,20)21/h3-6,10H,1-2,7-8H2,(H,16,18)(H,19,20,21)/b11-10-. The number of carbonyl (C=O) groups is 1. The highest BCUT2D eigenvalue weighted by molar-refractivity contribution is 7.85. The Kier molecular flexibility index (Phi) is 4.80. The average Bonchev–Trinajstić information content (AvgIpc) is 2.97. The largest absolute Gasteiger partial charge is 0.376 e. The van der Waals surface area contributed by atoms with Gasteiger partial charge in [0.05, 0.1) is 4.90 Å². The number of amides is 1. The van der Waals surface area contributed by atoms with E-state index in [2.05, 4.69) is 5.32 Å². The zero-order chi connectivity index (χ0) is 16.2. The molecule has 1 aliphatic rings. The van der Waals surface area contributed by atoms with Gasteiger partial charge in [-0.25, -0.2) is 0 Å². The van der Waals surface area contributed by atoms with Crippen molar-refractivity contribution in [2.75, 3.05) is 18.4 Å². The van der Waals surface area contributed by atoms with Crippen molar-refractivity contribution < 1.29 is 17.8 Å². The summed E-state index contributed by atoms with van der Waals surface area (Å²) in [6.45, 7) is 1.64. The van der Waals surface area contributed by atoms with E-state index in [1.165, 1.54) is 30.5 Å². The first-order valence-electron chi connectivity index (χ1n) is 6.65. The second-order valence-corrected chi connectivity index (χ2v) is 6.27. The van der Waals surface area contributed by atoms with Crippen molar-refractivity contribution in [3.05, 3.63) is 36.0 Å². The van der Waals surface area contributed by atoms with Gasteiger partial charge in [-0.3, -0.25) is 9.35 Å². The number of hydrogen-bond donors (Lipinski definition) is 2. The summed E-state index contributed by atoms with van der Waals surface area (Å²) < 4.78 is 30.7. The molecule has 1 aromatic rings. The molecule has 0 spiro atoms. The van der Waals surface area contributed by atoms with Crippen LogP contribution in [0.2, 0.25) is 0 Å². The lowest BCUT2D eigenvalue weighted by atomic mass is 10.2. The molecule has 1 amide bonds. The summed E-state index contributed by atoms with van der Waals surface area (Å²) in [5.74, 6) is -0.561. The molecule has 0 unspecified atom stereocenters. The van der Waals surface area contributed by atoms with Crippen molar-refractivity contribution in [2.24, 2.45) is 0 Å². The Labute approximate surface area is 128 Å². The van der Waals surface area contributed by atoms with E-state index >= 15 is 0 Å². The maximum atomic E-state index is 12.0. The summed E-state index contributed by atoms with van der Waals surface area (Å²) in [7, 11) is -4.27. The summed E-state index contributed by atoms with van der Waals surface area (Å²) in [6, 6.07) is 6.87. The van der Waals surface area contributed by atoms with E-state index in [9.17, 15) is 13.2 Å². The molecule has 0 aromatic heterocycles. The van der Waals surface area contributed by atoms with Gasteiger partial charge >= 0.3 is 0 Å². The van der Waals surface area contributed by atoms with E-state index in [-0.39, 0.29) is 10.5 Å². The van der Waals surface area contributed by atoms with E-state index in [0.29, 0.717) is 5.69 Å². The summed E-state index contributed by atoms with van der Waals surface area (Å²) in [4.78, 5) is 13.7. The predicted octanol–water partition coefficient (Wildman–Crippen LogP) is 1.38. The van der Waals surface area contributed by atoms with E-state index in [1.807, 2.05) is 11.0 Å². The summed E-state index contributed by atoms with van der Waals surface area (Å²) >= 11 is 0. The fraction of sp³-hybridized carbons (Fsp3) is 0.286. The van der Waals surface area contributed by atoms with Gasteiger partial charge in [0, 0.05) is 25.0 Å². The molecule has 0 saturated carbocycles. The van der Waals surface area contributed by atoms with Crippen molar-refractivity contribution in [3.63, 3.8) is 0 Å². The molecule has 22 heavy (non-hydrogen) atoms. The molecule has 0 aliphatic carbocycles. The molecule has 0 bridgehead atoms. The van der Waals surface area contributed by atoms with Gasteiger partial charge in [-0.1, -0.05) is 0 Å². The minimum absolute atomic E-state index is 0.0132. The first-order valence-corrected chi connectivity index (χ1v) is 8.09. The van der Waals surface area contributed by atoms with Crippen LogP contribution in [0.3, 0.4) is 0 Å². The fourth-order valence-corrected chi connectivity index (χ4v) is 2.58. The van der Waals surface area contributed by atoms with Crippen LogP contribution in [0.4, 0.5) is 5.69 Å². The molecular weight excluding hydrogens is 306 g/mol. The lowest BCUT2D eigenvalue weighted by Gasteiger charge is -2.12. The third-order valence-electron chi connectivity index (χ3n) is 3.23. The quantitative estimate of drug-likeness (QED) is 0.492. The van der Waals surface area contributed by atoms with Gasteiger partial charge in [0.1, 0.15) is 11.6 Å². The predicted molar refractivity (Wildman–Crippen MR) is 79.4 cm³/mol. The molecule has 1 fully saturated rings. The lowest BCUT2D eigenvalue weighted by molar-refractivity contribution is -0.112. The Morgan fingerprint density at radius 1 is 1.27 bits per heavy atom. The number of nitrogens with one attached hydrogen (secondary N) is 1. The maximum Gasteiger partial charge on any atom is 0.294 e. The topological polar surface area (TPSA) is 111 Å². The van der Waals surface area contributed by atoms with Crippen molar-refractivity contribution >= 4 is 21.7 Å². The highest BCUT2D eigenvalue weighted by atomic mass is 32.2. The van der Waals surface area contributed by atoms with E-state index in [0.717, 1.165) is 25.9 Å². The monoisotopic (exact) mass is 321 g/mol. The first-order chi connectivity index (χ1) is 10.4. The molecule has 7 nitrogen and oxygen atoms in total. The molecular formula is C14H15N3O4S. The number of anilines is 1. The summed E-state index contributed by atoms with van der Waals surface area (Å²) in [5, 5.41) is 11.6. The number of carbonyl (C=O) groups excluding carboxylic acids is 1. The SMILES string of the molecule is N#C/C(=C/N1CCCC1)C(=O)Nc1ccc(S(=O)(=O)O)cc1. The molecule has 1 saturated heterocycles. The van der Waals surface area contributed by atoms with Gasteiger partial charge in [-0.2, -0.15) is 13.7 Å². The number of likely N-dealkylation sites (tertiary alicyclic amines) is 1. The van der Waals surface area contributed by atoms with Gasteiger partial charge < -0.3 is 10.2 Å². The molecule has 2 N–H and O–H groups in total. The van der Waals surface area contributed by atoms with Gasteiger partial charge in [-0.15, -0.1) is 0 Å². The van der Waals surface area contributed by atoms with Crippen molar-refractivity contribution in [1.29, 1.82) is 5.26 Å². The average molecular weight is 321 g/mol. The fourth-order valence-electron chi connectivity index (χ4n) is 2.10. The van der Waals surface area contributed by atoms with Crippen LogP contribution in [-0.4, -0.2) is 36.9 Å². The van der Waals surface area contributed by atoms with Crippen molar-refractivity contribution in [1.82, 2.24) is 4.90 Å². The summed E-state index contributed by atoms with van der Waals surface area (Å²) in [5.41, 5.74) is 0.320. The second kappa shape index (κ2) is 6.60. The number of rotatable bonds is 4. The zero-order valence-corrected chi connectivity index (χ0v) is 12.5. The highest BCUT2D eigenvalue weighted by Gasteiger charge is 2.15. The summed E-state index contributed by atoms with van der Waals surface area (Å²) in [6.07, 6.45) is 3.61. The molecule has 1 aliphatic heterocycles. The molecule has 0 radical (unpaired) electrons. The Bertz CT molecular complexity index is 726. The van der Waals surface area contributed by atoms with Crippen molar-refractivity contribution in [2.45, 2.75) is 17.7 Å². The van der Waals surface area contributed by atoms with Gasteiger partial charge in [0.2, 0.25) is 0 Å². The zero-order valence-electron chi connectivity index (χ0n) is 11.7. The number of nitrogens with zero attached hydrogens (tertiary/aromatic N) is 2. The molecule has 1 heterocycles. The Morgan fingerprint density at radius 3 is 2.36 bits per heavy atom. The first kappa shape index (κ1) is 16.0. The molecule has 0 atom stereocenters. The Morgan fingerprint density at radius 2 is 1.86 bits per heavy atom. The van der Waals surface area contributed by atoms with Crippen LogP contribution in [0.5, 0.6) is 0 Å². The smallest absolute Gasteiger partial charge is 0.294 e. The minimum Gasteiger partial charge on any atom is -0.376 e. The maximum absolute atomic E-state index is 12.0. The second-order valence-electron chi connectivity index (χ2n) is 4.85. The van der Waals surface area contributed by atoms with Crippen LogP contribution in [0, 0.1) is 11.3 Å². The molecule has 1 aromatic carbocycles. The van der Waals surface area contributed by atoms with Crippen LogP contribution in [0.25, 0.3) is 0 Å². The van der Waals surface area contributed by atoms with Crippen LogP contribution in [-0.2, 0) is 14.9 Å². The Hall–Kier alpha value is -2.37. The van der Waals surface area contributed by atoms with Gasteiger partial charge in [0.25, 0.3) is 16.0 Å². The third kappa shape index (κ3) is 4.07. The molecule has 8 heteroatoms. The number of benzene rings is 1. The van der Waals surface area contributed by atoms with Gasteiger partial charge in [-0.05, 0) is 37.1 Å². The van der Waals surface area contributed by atoms with Crippen LogP contribution >= 0.6 is 0 Å². The normalized spacial score (nSPS) is 15.5. The van der Waals surface area contributed by atoms with Crippen molar-refractivity contribution in [3.8, 4) is 6.07 Å². The lowest BCUT2D eigenvalue weighted by Crippen LogP contribution is -2.18. The van der Waals surface area contributed by atoms with E-state index in [1.54, 1.807) is 0 Å². The highest BCUT2D eigenvalue weighted by Crippen LogP contribution is 2.15. The molecule has 2 rings (SSSR count). The number of hydrogen-bond acceptors (Lipinski definition) is 5. The van der Waals surface area contributed by atoms with Gasteiger partial charge in [0.15, 0.2) is 0 Å². The van der Waals surface area contributed by atoms with Crippen LogP contribution in [0.1, 0.15) is 12.8 Å². The van der Waals surface area contributed by atoms with E-state index < -0.39 is 16.0 Å². The van der Waals surface area contributed by atoms with Crippen LogP contribution in [0.15, 0.2) is 40.9 Å². The molecule has 116 valence electrons. The minimum atomic E-state index is -4.27.